The second kappa shape index (κ2) is 6.93. The van der Waals surface area contributed by atoms with Crippen LogP contribution in [-0.2, 0) is 29.0 Å². The summed E-state index contributed by atoms with van der Waals surface area (Å²) in [7, 11) is 0. The van der Waals surface area contributed by atoms with E-state index < -0.39 is 5.97 Å². The molecule has 1 aliphatic rings. The Morgan fingerprint density at radius 3 is 2.74 bits per heavy atom. The third-order valence-electron chi connectivity index (χ3n) is 3.69. The topological polar surface area (TPSA) is 75.6 Å². The molecule has 2 N–H and O–H groups in total. The van der Waals surface area contributed by atoms with E-state index >= 15 is 0 Å². The van der Waals surface area contributed by atoms with Crippen molar-refractivity contribution in [3.63, 3.8) is 0 Å². The van der Waals surface area contributed by atoms with Gasteiger partial charge in [0.1, 0.15) is 0 Å². The van der Waals surface area contributed by atoms with Crippen molar-refractivity contribution in [3.05, 3.63) is 51.2 Å². The van der Waals surface area contributed by atoms with E-state index in [1.807, 2.05) is 18.2 Å². The van der Waals surface area contributed by atoms with E-state index in [2.05, 4.69) is 5.32 Å². The van der Waals surface area contributed by atoms with Crippen LogP contribution in [0.3, 0.4) is 0 Å². The van der Waals surface area contributed by atoms with E-state index in [1.54, 1.807) is 12.1 Å². The normalized spacial score (nSPS) is 13.4. The van der Waals surface area contributed by atoms with Gasteiger partial charge in [-0.05, 0) is 35.7 Å². The summed E-state index contributed by atoms with van der Waals surface area (Å²) in [6, 6.07) is 9.17. The van der Waals surface area contributed by atoms with E-state index in [1.165, 1.54) is 16.2 Å². The lowest BCUT2D eigenvalue weighted by molar-refractivity contribution is -0.136. The van der Waals surface area contributed by atoms with Gasteiger partial charge in [0, 0.05) is 23.4 Å². The zero-order chi connectivity index (χ0) is 16.2. The minimum absolute atomic E-state index is 0.106. The predicted octanol–water partition coefficient (Wildman–Crippen LogP) is 3.09. The van der Waals surface area contributed by atoms with Gasteiger partial charge in [-0.25, -0.2) is 0 Å². The second-order valence-corrected chi connectivity index (χ2v) is 6.54. The molecule has 2 aromatic rings. The van der Waals surface area contributed by atoms with Crippen molar-refractivity contribution >= 4 is 28.9 Å². The third-order valence-corrected chi connectivity index (χ3v) is 4.93. The highest BCUT2D eigenvalue weighted by molar-refractivity contribution is 7.14. The van der Waals surface area contributed by atoms with Gasteiger partial charge in [0.15, 0.2) is 0 Å². The lowest BCUT2D eigenvalue weighted by atomic mass is 10.1. The molecule has 0 saturated carbocycles. The maximum Gasteiger partial charge on any atom is 0.303 e. The lowest BCUT2D eigenvalue weighted by Crippen LogP contribution is -2.10. The monoisotopic (exact) mass is 331 g/mol. The van der Waals surface area contributed by atoms with Crippen LogP contribution < -0.4 is 5.32 Å². The first kappa shape index (κ1) is 15.7. The maximum absolute atomic E-state index is 12.3. The molecule has 0 radical (unpaired) electrons. The highest BCUT2D eigenvalue weighted by Crippen LogP contribution is 2.27. The molecule has 3 rings (SSSR count). The predicted molar refractivity (Wildman–Crippen MR) is 88.0 cm³/mol. The number of hydrogen-bond donors (Lipinski definition) is 2. The summed E-state index contributed by atoms with van der Waals surface area (Å²) < 4.78 is 5.39. The molecule has 5 nitrogen and oxygen atoms in total. The van der Waals surface area contributed by atoms with Gasteiger partial charge in [0.25, 0.3) is 5.91 Å². The van der Waals surface area contributed by atoms with E-state index in [0.29, 0.717) is 30.2 Å². The Morgan fingerprint density at radius 2 is 2.04 bits per heavy atom. The number of aliphatic carboxylic acids is 1. The molecule has 0 bridgehead atoms. The fourth-order valence-corrected chi connectivity index (χ4v) is 3.50. The summed E-state index contributed by atoms with van der Waals surface area (Å²) in [5, 5.41) is 11.6. The van der Waals surface area contributed by atoms with Crippen LogP contribution in [0, 0.1) is 0 Å². The molecule has 2 heterocycles. The minimum Gasteiger partial charge on any atom is -0.481 e. The largest absolute Gasteiger partial charge is 0.481 e. The number of carboxylic acid groups (broad SMARTS) is 1. The van der Waals surface area contributed by atoms with Crippen LogP contribution in [0.2, 0.25) is 0 Å². The number of hydrogen-bond acceptors (Lipinski definition) is 4. The number of amides is 1. The van der Waals surface area contributed by atoms with Crippen LogP contribution in [0.25, 0.3) is 0 Å². The Morgan fingerprint density at radius 1 is 1.26 bits per heavy atom. The molecule has 0 spiro atoms. The van der Waals surface area contributed by atoms with E-state index in [9.17, 15) is 9.59 Å². The highest BCUT2D eigenvalue weighted by atomic mass is 32.1. The Balaban J connectivity index is 1.63. The summed E-state index contributed by atoms with van der Waals surface area (Å²) in [4.78, 5) is 24.8. The number of fused-ring (bicyclic) bond motifs is 1. The molecule has 0 atom stereocenters. The smallest absolute Gasteiger partial charge is 0.303 e. The van der Waals surface area contributed by atoms with Crippen LogP contribution in [0.1, 0.15) is 32.1 Å². The molecule has 0 aliphatic carbocycles. The zero-order valence-corrected chi connectivity index (χ0v) is 13.3. The van der Waals surface area contributed by atoms with Gasteiger partial charge < -0.3 is 15.2 Å². The number of carboxylic acids is 1. The number of carbonyl (C=O) groups excluding carboxylic acids is 1. The van der Waals surface area contributed by atoms with Gasteiger partial charge in [0.05, 0.1) is 18.1 Å². The molecular weight excluding hydrogens is 314 g/mol. The molecule has 1 amide bonds. The molecule has 0 saturated heterocycles. The Kier molecular flexibility index (Phi) is 4.73. The quantitative estimate of drug-likeness (QED) is 0.883. The average molecular weight is 331 g/mol. The standard InChI is InChI=1S/C17H17NO4S/c19-16(20)6-3-11-1-4-13(5-2-11)18-17(21)15-9-12-10-22-8-7-14(12)23-15/h1-2,4-5,9H,3,6-8,10H2,(H,18,21)(H,19,20). The second-order valence-electron chi connectivity index (χ2n) is 5.41. The van der Waals surface area contributed by atoms with Crippen molar-refractivity contribution in [1.29, 1.82) is 0 Å². The Bertz CT molecular complexity index is 697. The molecule has 23 heavy (non-hydrogen) atoms. The van der Waals surface area contributed by atoms with Crippen LogP contribution in [0.4, 0.5) is 5.69 Å². The van der Waals surface area contributed by atoms with Crippen molar-refractivity contribution in [2.24, 2.45) is 0 Å². The fraction of sp³-hybridized carbons (Fsp3) is 0.294. The van der Waals surface area contributed by atoms with Gasteiger partial charge in [-0.2, -0.15) is 0 Å². The minimum atomic E-state index is -0.812. The molecule has 120 valence electrons. The maximum atomic E-state index is 12.3. The molecule has 6 heteroatoms. The molecule has 1 aliphatic heterocycles. The fourth-order valence-electron chi connectivity index (χ4n) is 2.46. The number of nitrogens with one attached hydrogen (secondary N) is 1. The number of anilines is 1. The lowest BCUT2D eigenvalue weighted by Gasteiger charge is -2.10. The number of benzene rings is 1. The van der Waals surface area contributed by atoms with E-state index in [4.69, 9.17) is 9.84 Å². The molecule has 0 fully saturated rings. The highest BCUT2D eigenvalue weighted by Gasteiger charge is 2.17. The molecule has 0 unspecified atom stereocenters. The first-order chi connectivity index (χ1) is 11.1. The van der Waals surface area contributed by atoms with Gasteiger partial charge >= 0.3 is 5.97 Å². The van der Waals surface area contributed by atoms with Gasteiger partial charge in [-0.15, -0.1) is 11.3 Å². The number of ether oxygens (including phenoxy) is 1. The van der Waals surface area contributed by atoms with Gasteiger partial charge in [0.2, 0.25) is 0 Å². The SMILES string of the molecule is O=C(O)CCc1ccc(NC(=O)c2cc3c(s2)CCOC3)cc1. The summed E-state index contributed by atoms with van der Waals surface area (Å²) in [6.45, 7) is 1.30. The number of aryl methyl sites for hydroxylation is 1. The summed E-state index contributed by atoms with van der Waals surface area (Å²) in [5.41, 5.74) is 2.75. The van der Waals surface area contributed by atoms with E-state index in [-0.39, 0.29) is 12.3 Å². The van der Waals surface area contributed by atoms with Gasteiger partial charge in [-0.3, -0.25) is 9.59 Å². The molecule has 1 aromatic carbocycles. The number of thiophene rings is 1. The average Bonchev–Trinajstić information content (AvgIpc) is 2.98. The molecule has 1 aromatic heterocycles. The van der Waals surface area contributed by atoms with E-state index in [0.717, 1.165) is 17.5 Å². The molecular formula is C17H17NO4S. The van der Waals surface area contributed by atoms with Crippen LogP contribution in [0.15, 0.2) is 30.3 Å². The Labute approximate surface area is 137 Å². The van der Waals surface area contributed by atoms with Crippen molar-refractivity contribution in [2.45, 2.75) is 25.9 Å². The summed E-state index contributed by atoms with van der Waals surface area (Å²) >= 11 is 1.52. The summed E-state index contributed by atoms with van der Waals surface area (Å²) in [6.07, 6.45) is 1.46. The zero-order valence-electron chi connectivity index (χ0n) is 12.5. The van der Waals surface area contributed by atoms with Crippen molar-refractivity contribution < 1.29 is 19.4 Å². The van der Waals surface area contributed by atoms with Crippen molar-refractivity contribution in [2.75, 3.05) is 11.9 Å². The van der Waals surface area contributed by atoms with Crippen molar-refractivity contribution in [1.82, 2.24) is 0 Å². The van der Waals surface area contributed by atoms with Crippen LogP contribution >= 0.6 is 11.3 Å². The van der Waals surface area contributed by atoms with Crippen molar-refractivity contribution in [3.8, 4) is 0 Å². The number of rotatable bonds is 5. The summed E-state index contributed by atoms with van der Waals surface area (Å²) in [5.74, 6) is -0.935. The first-order valence-electron chi connectivity index (χ1n) is 7.43. The Hall–Kier alpha value is -2.18. The van der Waals surface area contributed by atoms with Gasteiger partial charge in [-0.1, -0.05) is 12.1 Å². The van der Waals surface area contributed by atoms with Crippen LogP contribution in [0.5, 0.6) is 0 Å². The van der Waals surface area contributed by atoms with Crippen LogP contribution in [-0.4, -0.2) is 23.6 Å². The third kappa shape index (κ3) is 3.97. The number of carbonyl (C=O) groups is 2. The first-order valence-corrected chi connectivity index (χ1v) is 8.25.